The van der Waals surface area contributed by atoms with E-state index in [1.807, 2.05) is 61.5 Å². The van der Waals surface area contributed by atoms with E-state index in [4.69, 9.17) is 0 Å². The largest absolute Gasteiger partial charge is 0.384 e. The molecule has 0 aliphatic heterocycles. The first-order chi connectivity index (χ1) is 13.7. The van der Waals surface area contributed by atoms with Gasteiger partial charge in [0.2, 0.25) is 0 Å². The molecule has 28 heavy (non-hydrogen) atoms. The molecule has 0 radical (unpaired) electrons. The van der Waals surface area contributed by atoms with Crippen LogP contribution in [0.2, 0.25) is 0 Å². The molecule has 5 aromatic rings. The molecule has 1 unspecified atom stereocenters. The summed E-state index contributed by atoms with van der Waals surface area (Å²) in [4.78, 5) is 13.3. The molecule has 0 spiro atoms. The maximum atomic E-state index is 10.8. The second-order valence-corrected chi connectivity index (χ2v) is 6.97. The molecule has 138 valence electrons. The highest BCUT2D eigenvalue weighted by atomic mass is 16.3. The van der Waals surface area contributed by atoms with Gasteiger partial charge in [0.15, 0.2) is 5.82 Å². The lowest BCUT2D eigenvalue weighted by atomic mass is 9.95. The lowest BCUT2D eigenvalue weighted by molar-refractivity contribution is 0.143. The first kappa shape index (κ1) is 16.6. The van der Waals surface area contributed by atoms with Gasteiger partial charge in [-0.2, -0.15) is 0 Å². The Bertz CT molecular complexity index is 1240. The molecule has 0 aliphatic carbocycles. The van der Waals surface area contributed by atoms with Crippen LogP contribution in [-0.2, 0) is 0 Å². The third kappa shape index (κ3) is 2.75. The summed E-state index contributed by atoms with van der Waals surface area (Å²) >= 11 is 0. The van der Waals surface area contributed by atoms with E-state index >= 15 is 0 Å². The van der Waals surface area contributed by atoms with E-state index in [-0.39, 0.29) is 5.92 Å². The lowest BCUT2D eigenvalue weighted by Crippen LogP contribution is -2.09. The number of nitrogens with zero attached hydrogens (tertiary/aromatic N) is 3. The molecule has 3 aromatic heterocycles. The Morgan fingerprint density at radius 1 is 0.893 bits per heavy atom. The molecule has 0 fully saturated rings. The van der Waals surface area contributed by atoms with Crippen LogP contribution in [0.5, 0.6) is 0 Å². The average molecular weight is 369 g/mol. The predicted octanol–water partition coefficient (Wildman–Crippen LogP) is 4.34. The van der Waals surface area contributed by atoms with Gasteiger partial charge in [-0.05, 0) is 29.8 Å². The van der Waals surface area contributed by atoms with Gasteiger partial charge in [-0.25, -0.2) is 9.97 Å². The minimum atomic E-state index is -0.764. The van der Waals surface area contributed by atoms with Crippen molar-refractivity contribution in [1.82, 2.24) is 25.1 Å². The van der Waals surface area contributed by atoms with Gasteiger partial charge in [-0.15, -0.1) is 0 Å². The first-order valence-electron chi connectivity index (χ1n) is 9.22. The van der Waals surface area contributed by atoms with Crippen molar-refractivity contribution in [2.75, 3.05) is 0 Å². The molecule has 3 heterocycles. The normalized spacial score (nSPS) is 13.8. The molecule has 6 nitrogen and oxygen atoms in total. The van der Waals surface area contributed by atoms with Crippen molar-refractivity contribution >= 4 is 21.9 Å². The summed E-state index contributed by atoms with van der Waals surface area (Å²) in [5.74, 6) is 0.358. The number of H-pyrrole nitrogens is 2. The van der Waals surface area contributed by atoms with E-state index in [0.717, 1.165) is 38.8 Å². The lowest BCUT2D eigenvalue weighted by Gasteiger charge is -2.16. The third-order valence-corrected chi connectivity index (χ3v) is 5.21. The number of pyridine rings is 1. The van der Waals surface area contributed by atoms with Crippen LogP contribution < -0.4 is 0 Å². The zero-order valence-corrected chi connectivity index (χ0v) is 15.3. The molecule has 2 atom stereocenters. The zero-order chi connectivity index (χ0) is 19.1. The van der Waals surface area contributed by atoms with Gasteiger partial charge in [-0.1, -0.05) is 37.3 Å². The Morgan fingerprint density at radius 3 is 2.36 bits per heavy atom. The van der Waals surface area contributed by atoms with Crippen LogP contribution in [0.25, 0.3) is 33.2 Å². The number of rotatable bonds is 4. The van der Waals surface area contributed by atoms with Crippen molar-refractivity contribution in [3.8, 4) is 11.3 Å². The van der Waals surface area contributed by atoms with E-state index in [1.54, 1.807) is 12.4 Å². The summed E-state index contributed by atoms with van der Waals surface area (Å²) in [5.41, 5.74) is 5.55. The standard InChI is InChI=1S/C22H19N5O/c1-13(14-5-3-2-4-6-14)21(28)22-24-18-11-16-17(12-19(18)25-22)26-27-20(16)15-7-9-23-10-8-15/h2-13,21,26-28H,1H3/t13?,21-/m1/s1. The SMILES string of the molecule is CC(c1ccccc1)[C@@H](O)c1nc2cc3[nH][nH]c(-c4ccncc4)c3cc2n1. The van der Waals surface area contributed by atoms with Crippen molar-refractivity contribution in [2.24, 2.45) is 0 Å². The Hall–Kier alpha value is -3.51. The van der Waals surface area contributed by atoms with E-state index in [9.17, 15) is 5.11 Å². The molecular formula is C22H19N5O. The number of aromatic nitrogens is 5. The van der Waals surface area contributed by atoms with Gasteiger partial charge >= 0.3 is 0 Å². The summed E-state index contributed by atoms with van der Waals surface area (Å²) in [5, 5.41) is 18.2. The summed E-state index contributed by atoms with van der Waals surface area (Å²) in [6.07, 6.45) is 2.77. The van der Waals surface area contributed by atoms with Crippen LogP contribution >= 0.6 is 0 Å². The van der Waals surface area contributed by atoms with Crippen LogP contribution in [0.15, 0.2) is 67.0 Å². The average Bonchev–Trinajstić information content (AvgIpc) is 3.35. The molecule has 5 rings (SSSR count). The Kier molecular flexibility index (Phi) is 3.91. The van der Waals surface area contributed by atoms with Crippen LogP contribution in [0, 0.1) is 0 Å². The molecule has 0 saturated heterocycles. The van der Waals surface area contributed by atoms with E-state index in [0.29, 0.717) is 5.82 Å². The maximum absolute atomic E-state index is 10.8. The number of imidazole rings is 1. The second-order valence-electron chi connectivity index (χ2n) is 6.97. The fourth-order valence-corrected chi connectivity index (χ4v) is 3.58. The summed E-state index contributed by atoms with van der Waals surface area (Å²) < 4.78 is 0. The van der Waals surface area contributed by atoms with Gasteiger partial charge in [0.1, 0.15) is 6.10 Å². The monoisotopic (exact) mass is 369 g/mol. The van der Waals surface area contributed by atoms with Crippen LogP contribution in [-0.4, -0.2) is 30.3 Å². The van der Waals surface area contributed by atoms with E-state index in [1.165, 1.54) is 0 Å². The Labute approximate surface area is 161 Å². The molecule has 2 aromatic carbocycles. The van der Waals surface area contributed by atoms with Gasteiger partial charge in [0.25, 0.3) is 0 Å². The van der Waals surface area contributed by atoms with Crippen molar-refractivity contribution < 1.29 is 5.11 Å². The minimum absolute atomic E-state index is 0.0939. The van der Waals surface area contributed by atoms with Crippen LogP contribution in [0.4, 0.5) is 0 Å². The van der Waals surface area contributed by atoms with Gasteiger partial charge in [-0.3, -0.25) is 10.1 Å². The molecule has 6 heteroatoms. The number of aliphatic hydroxyl groups excluding tert-OH is 1. The summed E-state index contributed by atoms with van der Waals surface area (Å²) in [6.45, 7) is 1.99. The summed E-state index contributed by atoms with van der Waals surface area (Å²) in [7, 11) is 0. The highest BCUT2D eigenvalue weighted by Crippen LogP contribution is 2.32. The first-order valence-corrected chi connectivity index (χ1v) is 9.22. The Balaban J connectivity index is 1.56. The number of aromatic amines is 2. The van der Waals surface area contributed by atoms with E-state index < -0.39 is 6.10 Å². The fraction of sp³-hybridized carbons (Fsp3) is 0.136. The number of hydrogen-bond donors (Lipinski definition) is 3. The predicted molar refractivity (Wildman–Crippen MR) is 109 cm³/mol. The number of hydrogen-bond acceptors (Lipinski definition) is 4. The van der Waals surface area contributed by atoms with Gasteiger partial charge in [0.05, 0.1) is 22.2 Å². The Morgan fingerprint density at radius 2 is 1.61 bits per heavy atom. The summed E-state index contributed by atoms with van der Waals surface area (Å²) in [6, 6.07) is 17.8. The molecule has 3 N–H and O–H groups in total. The van der Waals surface area contributed by atoms with E-state index in [2.05, 4.69) is 25.1 Å². The highest BCUT2D eigenvalue weighted by Gasteiger charge is 2.22. The highest BCUT2D eigenvalue weighted by molar-refractivity contribution is 6.00. The van der Waals surface area contributed by atoms with Crippen molar-refractivity contribution in [3.05, 3.63) is 78.4 Å². The molecule has 0 bridgehead atoms. The molecule has 0 saturated carbocycles. The van der Waals surface area contributed by atoms with Crippen molar-refractivity contribution in [3.63, 3.8) is 0 Å². The smallest absolute Gasteiger partial charge is 0.158 e. The van der Waals surface area contributed by atoms with Gasteiger partial charge < -0.3 is 10.2 Å². The maximum Gasteiger partial charge on any atom is 0.158 e. The quantitative estimate of drug-likeness (QED) is 0.439. The van der Waals surface area contributed by atoms with Crippen molar-refractivity contribution in [2.45, 2.75) is 18.9 Å². The number of nitrogens with one attached hydrogen (secondary N) is 2. The number of benzene rings is 2. The topological polar surface area (TPSA) is 90.5 Å². The third-order valence-electron chi connectivity index (χ3n) is 5.21. The van der Waals surface area contributed by atoms with Crippen LogP contribution in [0.1, 0.15) is 30.3 Å². The number of aliphatic hydroxyl groups is 1. The molecular weight excluding hydrogens is 350 g/mol. The van der Waals surface area contributed by atoms with Crippen molar-refractivity contribution in [1.29, 1.82) is 0 Å². The van der Waals surface area contributed by atoms with Gasteiger partial charge in [0, 0.05) is 29.3 Å². The number of fused-ring (bicyclic) bond motifs is 2. The van der Waals surface area contributed by atoms with Crippen LogP contribution in [0.3, 0.4) is 0 Å². The molecule has 0 aliphatic rings. The minimum Gasteiger partial charge on any atom is -0.384 e. The zero-order valence-electron chi connectivity index (χ0n) is 15.3. The second kappa shape index (κ2) is 6.58. The molecule has 0 amide bonds. The fourth-order valence-electron chi connectivity index (χ4n) is 3.58.